The van der Waals surface area contributed by atoms with Crippen molar-refractivity contribution in [1.82, 2.24) is 0 Å². The van der Waals surface area contributed by atoms with Crippen LogP contribution < -0.4 is 0 Å². The van der Waals surface area contributed by atoms with E-state index in [1.54, 1.807) is 0 Å². The molecule has 42 heavy (non-hydrogen) atoms. The standard InChI is InChI=1S/C15H13.C13H10.C11H11.2ClH.Zr/c1-10-3-5-14-12(7-10)9-13-8-11(2)4-6-15(13)14;1-3-7-12(8-4-1)11-13-9-5-2-6-10-13;1-8-7-10-5-3-4-6-11(10)9(8)2;;;/h3-9H,1-2H3;1-10H;3-7H,1-2H3;2*1H;/q-1;;-1;;;+2/p-2. The molecule has 0 saturated heterocycles. The molecule has 0 aliphatic heterocycles. The number of benzene rings is 5. The van der Waals surface area contributed by atoms with Crippen molar-refractivity contribution in [3.8, 4) is 0 Å². The Morgan fingerprint density at radius 3 is 1.45 bits per heavy atom. The summed E-state index contributed by atoms with van der Waals surface area (Å²) in [5.41, 5.74) is 7.76. The second-order valence-corrected chi connectivity index (χ2v) is 18.9. The minimum atomic E-state index is -2.44. The van der Waals surface area contributed by atoms with E-state index in [4.69, 9.17) is 17.0 Å². The quantitative estimate of drug-likeness (QED) is 0.161. The van der Waals surface area contributed by atoms with Gasteiger partial charge in [-0.2, -0.15) is 5.56 Å². The molecule has 0 nitrogen and oxygen atoms in total. The summed E-state index contributed by atoms with van der Waals surface area (Å²) in [6, 6.07) is 46.7. The van der Waals surface area contributed by atoms with Crippen LogP contribution in [0.2, 0.25) is 0 Å². The summed E-state index contributed by atoms with van der Waals surface area (Å²) in [5.74, 6) is 0. The van der Waals surface area contributed by atoms with E-state index < -0.39 is 18.9 Å². The van der Waals surface area contributed by atoms with Gasteiger partial charge in [-0.1, -0.05) is 55.3 Å². The number of fused-ring (bicyclic) bond motifs is 4. The molecule has 0 spiro atoms. The molecule has 7 aromatic carbocycles. The number of hydrogen-bond acceptors (Lipinski definition) is 0. The maximum atomic E-state index is 6.24. The Hall–Kier alpha value is -3.09. The molecule has 0 amide bonds. The molecule has 7 rings (SSSR count). The number of halogens is 2. The average molecular weight is 665 g/mol. The zero-order chi connectivity index (χ0) is 29.6. The summed E-state index contributed by atoms with van der Waals surface area (Å²) in [6.45, 7) is 8.62. The summed E-state index contributed by atoms with van der Waals surface area (Å²) in [4.78, 5) is 0. The summed E-state index contributed by atoms with van der Waals surface area (Å²) >= 11 is -2.44. The molecule has 3 heteroatoms. The van der Waals surface area contributed by atoms with Gasteiger partial charge in [0.15, 0.2) is 0 Å². The first kappa shape index (κ1) is 30.4. The van der Waals surface area contributed by atoms with Gasteiger partial charge in [-0.05, 0) is 13.8 Å². The number of rotatable bonds is 2. The zero-order valence-electron chi connectivity index (χ0n) is 24.5. The predicted molar refractivity (Wildman–Crippen MR) is 183 cm³/mol. The van der Waals surface area contributed by atoms with Crippen LogP contribution in [0.25, 0.3) is 32.3 Å². The van der Waals surface area contributed by atoms with Crippen LogP contribution in [0.3, 0.4) is 0 Å². The third kappa shape index (κ3) is 7.10. The van der Waals surface area contributed by atoms with Gasteiger partial charge in [-0.3, -0.25) is 0 Å². The van der Waals surface area contributed by atoms with E-state index in [1.165, 1.54) is 54.6 Å². The SMILES string of the molecule is Cc1[cH-]c2ccccc2c1C.Cc1ccc2c(c1)[cH-]c1cc(C)ccc12.[Cl][Zr]([Cl])=[C](c1ccccc1)c1ccccc1. The van der Waals surface area contributed by atoms with Gasteiger partial charge in [-0.25, -0.2) is 0 Å². The van der Waals surface area contributed by atoms with Crippen molar-refractivity contribution in [3.63, 3.8) is 0 Å². The topological polar surface area (TPSA) is 0 Å². The monoisotopic (exact) mass is 662 g/mol. The second kappa shape index (κ2) is 13.9. The minimum absolute atomic E-state index is 1.15. The fourth-order valence-electron chi connectivity index (χ4n) is 5.37. The number of hydrogen-bond donors (Lipinski definition) is 0. The van der Waals surface area contributed by atoms with Crippen molar-refractivity contribution in [3.05, 3.63) is 167 Å². The molecule has 0 aliphatic carbocycles. The first-order valence-corrected chi connectivity index (χ1v) is 21.7. The fraction of sp³-hybridized carbons (Fsp3) is 0.103. The Kier molecular flexibility index (Phi) is 10.1. The van der Waals surface area contributed by atoms with Gasteiger partial charge in [-0.15, -0.1) is 80.3 Å². The van der Waals surface area contributed by atoms with Gasteiger partial charge in [0, 0.05) is 0 Å². The number of aryl methyl sites for hydroxylation is 4. The molecule has 0 radical (unpaired) electrons. The molecule has 0 fully saturated rings. The van der Waals surface area contributed by atoms with Crippen molar-refractivity contribution < 1.29 is 18.9 Å². The van der Waals surface area contributed by atoms with E-state index in [2.05, 4.69) is 125 Å². The van der Waals surface area contributed by atoms with Gasteiger partial charge in [0.1, 0.15) is 0 Å². The Morgan fingerprint density at radius 1 is 0.500 bits per heavy atom. The van der Waals surface area contributed by atoms with E-state index in [0.717, 1.165) is 14.3 Å². The average Bonchev–Trinajstić information content (AvgIpc) is 3.49. The molecule has 0 bridgehead atoms. The van der Waals surface area contributed by atoms with Crippen molar-refractivity contribution in [2.24, 2.45) is 0 Å². The van der Waals surface area contributed by atoms with E-state index in [0.29, 0.717) is 0 Å². The van der Waals surface area contributed by atoms with Gasteiger partial charge in [0.2, 0.25) is 0 Å². The zero-order valence-corrected chi connectivity index (χ0v) is 28.4. The molecule has 0 unspecified atom stereocenters. The van der Waals surface area contributed by atoms with Crippen molar-refractivity contribution in [1.29, 1.82) is 0 Å². The molecular formula is C39H34Cl2Zr-2. The molecule has 0 aromatic heterocycles. The molecular weight excluding hydrogens is 631 g/mol. The summed E-state index contributed by atoms with van der Waals surface area (Å²) < 4.78 is 1.15. The van der Waals surface area contributed by atoms with Crippen LogP contribution in [0.5, 0.6) is 0 Å². The van der Waals surface area contributed by atoms with Crippen molar-refractivity contribution in [2.45, 2.75) is 27.7 Å². The van der Waals surface area contributed by atoms with Crippen LogP contribution in [0.4, 0.5) is 0 Å². The molecule has 210 valence electrons. The summed E-state index contributed by atoms with van der Waals surface area (Å²) in [7, 11) is 12.5. The third-order valence-electron chi connectivity index (χ3n) is 7.66. The van der Waals surface area contributed by atoms with E-state index in [9.17, 15) is 0 Å². The Bertz CT molecular complexity index is 1870. The Labute approximate surface area is 264 Å². The molecule has 0 N–H and O–H groups in total. The normalized spacial score (nSPS) is 10.6. The van der Waals surface area contributed by atoms with E-state index in [1.807, 2.05) is 36.4 Å². The van der Waals surface area contributed by atoms with Crippen LogP contribution in [-0.4, -0.2) is 3.21 Å². The van der Waals surface area contributed by atoms with Crippen LogP contribution in [0.15, 0.2) is 133 Å². The molecule has 0 saturated carbocycles. The van der Waals surface area contributed by atoms with Crippen LogP contribution >= 0.6 is 17.0 Å². The molecule has 7 aromatic rings. The predicted octanol–water partition coefficient (Wildman–Crippen LogP) is 11.7. The van der Waals surface area contributed by atoms with Crippen LogP contribution in [-0.2, 0) is 18.9 Å². The Morgan fingerprint density at radius 2 is 0.976 bits per heavy atom. The van der Waals surface area contributed by atoms with Gasteiger partial charge >= 0.3 is 111 Å². The van der Waals surface area contributed by atoms with Gasteiger partial charge in [0.05, 0.1) is 0 Å². The third-order valence-corrected chi connectivity index (χ3v) is 12.2. The first-order valence-electron chi connectivity index (χ1n) is 14.2. The van der Waals surface area contributed by atoms with Gasteiger partial charge < -0.3 is 0 Å². The first-order chi connectivity index (χ1) is 20.3. The van der Waals surface area contributed by atoms with Crippen LogP contribution in [0.1, 0.15) is 33.4 Å². The van der Waals surface area contributed by atoms with Crippen molar-refractivity contribution in [2.75, 3.05) is 0 Å². The second-order valence-electron chi connectivity index (χ2n) is 10.7. The molecule has 0 aliphatic rings. The van der Waals surface area contributed by atoms with Crippen LogP contribution in [0, 0.1) is 27.7 Å². The molecule has 0 heterocycles. The maximum absolute atomic E-state index is 6.24. The van der Waals surface area contributed by atoms with E-state index in [-0.39, 0.29) is 0 Å². The van der Waals surface area contributed by atoms with E-state index >= 15 is 0 Å². The van der Waals surface area contributed by atoms with Crippen molar-refractivity contribution >= 4 is 52.5 Å². The fourth-order valence-corrected chi connectivity index (χ4v) is 9.85. The Balaban J connectivity index is 0.000000128. The molecule has 0 atom stereocenters. The summed E-state index contributed by atoms with van der Waals surface area (Å²) in [5, 5.41) is 8.21. The van der Waals surface area contributed by atoms with Gasteiger partial charge in [0.25, 0.3) is 0 Å². The summed E-state index contributed by atoms with van der Waals surface area (Å²) in [6.07, 6.45) is 0.